The molecule has 0 spiro atoms. The van der Waals surface area contributed by atoms with E-state index < -0.39 is 0 Å². The lowest BCUT2D eigenvalue weighted by molar-refractivity contribution is -0.922. The second-order valence-corrected chi connectivity index (χ2v) is 9.70. The minimum absolute atomic E-state index is 0.272. The van der Waals surface area contributed by atoms with Crippen LogP contribution in [0.15, 0.2) is 52.7 Å². The van der Waals surface area contributed by atoms with E-state index in [4.69, 9.17) is 16.3 Å². The van der Waals surface area contributed by atoms with E-state index in [0.29, 0.717) is 28.5 Å². The van der Waals surface area contributed by atoms with Gasteiger partial charge in [-0.1, -0.05) is 43.7 Å². The number of nitrogens with zero attached hydrogens (tertiary/aromatic N) is 3. The van der Waals surface area contributed by atoms with Gasteiger partial charge in [0.2, 0.25) is 0 Å². The molecule has 0 radical (unpaired) electrons. The van der Waals surface area contributed by atoms with Gasteiger partial charge in [-0.05, 0) is 61.2 Å². The molecule has 1 saturated carbocycles. The third-order valence-corrected chi connectivity index (χ3v) is 6.09. The lowest BCUT2D eigenvalue weighted by atomic mass is 9.86. The van der Waals surface area contributed by atoms with Crippen molar-refractivity contribution in [2.24, 2.45) is 16.1 Å². The number of quaternary nitrogens is 1. The van der Waals surface area contributed by atoms with Gasteiger partial charge in [0.15, 0.2) is 6.73 Å². The molecule has 2 aromatic carbocycles. The van der Waals surface area contributed by atoms with E-state index in [1.165, 1.54) is 38.5 Å². The predicted octanol–water partition coefficient (Wildman–Crippen LogP) is 7.37. The van der Waals surface area contributed by atoms with Crippen LogP contribution in [0.5, 0.6) is 5.75 Å². The van der Waals surface area contributed by atoms with Crippen molar-refractivity contribution in [1.29, 1.82) is 0 Å². The number of phenols is 1. The van der Waals surface area contributed by atoms with Crippen LogP contribution in [0.3, 0.4) is 0 Å². The number of hydrogen-bond donors (Lipinski definition) is 1. The predicted molar refractivity (Wildman–Crippen MR) is 126 cm³/mol. The molecule has 0 heterocycles. The van der Waals surface area contributed by atoms with Crippen LogP contribution in [0, 0.1) is 5.92 Å². The van der Waals surface area contributed by atoms with Gasteiger partial charge in [-0.25, -0.2) is 0 Å². The van der Waals surface area contributed by atoms with E-state index in [1.54, 1.807) is 24.3 Å². The van der Waals surface area contributed by atoms with Crippen LogP contribution in [-0.2, 0) is 11.3 Å². The Bertz CT molecular complexity index is 846. The molecule has 31 heavy (non-hydrogen) atoms. The normalized spacial score (nSPS) is 15.6. The number of benzene rings is 2. The summed E-state index contributed by atoms with van der Waals surface area (Å²) < 4.78 is 6.62. The third-order valence-electron chi connectivity index (χ3n) is 5.84. The Hall–Kier alpha value is -1.95. The number of halogens is 1. The topological polar surface area (TPSA) is 54.2 Å². The summed E-state index contributed by atoms with van der Waals surface area (Å²) in [6.07, 6.45) is 9.42. The van der Waals surface area contributed by atoms with Gasteiger partial charge in [-0.2, -0.15) is 10.2 Å². The lowest BCUT2D eigenvalue weighted by Crippen LogP contribution is -2.40. The molecular formula is C25H35ClN3O2+. The van der Waals surface area contributed by atoms with E-state index in [2.05, 4.69) is 24.3 Å². The van der Waals surface area contributed by atoms with E-state index in [0.717, 1.165) is 30.2 Å². The van der Waals surface area contributed by atoms with Crippen LogP contribution < -0.4 is 0 Å². The fourth-order valence-corrected chi connectivity index (χ4v) is 4.28. The molecule has 168 valence electrons. The minimum Gasteiger partial charge on any atom is -0.507 e. The van der Waals surface area contributed by atoms with E-state index in [1.807, 2.05) is 18.2 Å². The van der Waals surface area contributed by atoms with Gasteiger partial charge in [-0.15, -0.1) is 0 Å². The van der Waals surface area contributed by atoms with Crippen LogP contribution >= 0.6 is 11.6 Å². The van der Waals surface area contributed by atoms with Gasteiger partial charge in [0.25, 0.3) is 0 Å². The smallest absolute Gasteiger partial charge is 0.182 e. The summed E-state index contributed by atoms with van der Waals surface area (Å²) in [6.45, 7) is 2.07. The molecule has 1 fully saturated rings. The summed E-state index contributed by atoms with van der Waals surface area (Å²) in [4.78, 5) is 0. The van der Waals surface area contributed by atoms with Crippen LogP contribution in [0.2, 0.25) is 5.02 Å². The largest absolute Gasteiger partial charge is 0.507 e. The van der Waals surface area contributed by atoms with E-state index in [-0.39, 0.29) is 5.75 Å². The summed E-state index contributed by atoms with van der Waals surface area (Å²) in [5.74, 6) is 1.18. The van der Waals surface area contributed by atoms with Crippen molar-refractivity contribution in [3.05, 3.63) is 53.1 Å². The van der Waals surface area contributed by atoms with Gasteiger partial charge in [0, 0.05) is 5.02 Å². The van der Waals surface area contributed by atoms with Crippen molar-refractivity contribution in [3.63, 3.8) is 0 Å². The van der Waals surface area contributed by atoms with Gasteiger partial charge in [0.05, 0.1) is 37.6 Å². The molecule has 5 nitrogen and oxygen atoms in total. The van der Waals surface area contributed by atoms with Crippen molar-refractivity contribution < 1.29 is 14.3 Å². The SMILES string of the molecule is C[N+](C)(COCCCC1CCCCC1)Cc1cc(N=Nc2ccc(Cl)cc2)ccc1O. The molecule has 2 aromatic rings. The van der Waals surface area contributed by atoms with Crippen molar-refractivity contribution in [3.8, 4) is 5.75 Å². The molecule has 1 aliphatic carbocycles. The summed E-state index contributed by atoms with van der Waals surface area (Å²) in [5.41, 5.74) is 2.27. The number of ether oxygens (including phenoxy) is 1. The number of phenolic OH excluding ortho intramolecular Hbond substituents is 1. The van der Waals surface area contributed by atoms with Gasteiger partial charge < -0.3 is 14.3 Å². The Labute approximate surface area is 191 Å². The Morgan fingerprint density at radius 3 is 2.42 bits per heavy atom. The molecule has 0 bridgehead atoms. The molecule has 0 aliphatic heterocycles. The standard InChI is InChI=1S/C25H34ClN3O2/c1-29(2,19-31-16-6-9-20-7-4-3-5-8-20)18-21-17-24(14-15-25(21)30)28-27-23-12-10-22(26)11-13-23/h10-15,17,20H,3-9,16,18-19H2,1-2H3/p+1. The Balaban J connectivity index is 1.49. The van der Waals surface area contributed by atoms with Crippen molar-refractivity contribution in [1.82, 2.24) is 0 Å². The van der Waals surface area contributed by atoms with Crippen molar-refractivity contribution >= 4 is 23.0 Å². The van der Waals surface area contributed by atoms with Crippen molar-refractivity contribution in [2.75, 3.05) is 27.4 Å². The zero-order valence-electron chi connectivity index (χ0n) is 18.8. The quantitative estimate of drug-likeness (QED) is 0.180. The molecule has 1 aliphatic rings. The molecule has 1 N–H and O–H groups in total. The molecule has 0 aromatic heterocycles. The first kappa shape index (κ1) is 23.7. The molecular weight excluding hydrogens is 410 g/mol. The van der Waals surface area contributed by atoms with Crippen LogP contribution in [-0.4, -0.2) is 37.0 Å². The monoisotopic (exact) mass is 444 g/mol. The maximum Gasteiger partial charge on any atom is 0.182 e. The highest BCUT2D eigenvalue weighted by Gasteiger charge is 2.19. The first-order valence-electron chi connectivity index (χ1n) is 11.3. The minimum atomic E-state index is 0.272. The average molecular weight is 445 g/mol. The van der Waals surface area contributed by atoms with E-state index in [9.17, 15) is 5.11 Å². The first-order valence-corrected chi connectivity index (χ1v) is 11.7. The summed E-state index contributed by atoms with van der Waals surface area (Å²) in [5, 5.41) is 19.5. The zero-order valence-corrected chi connectivity index (χ0v) is 19.5. The summed E-state index contributed by atoms with van der Waals surface area (Å²) >= 11 is 5.91. The number of azo groups is 1. The summed E-state index contributed by atoms with van der Waals surface area (Å²) in [6, 6.07) is 12.5. The van der Waals surface area contributed by atoms with Gasteiger partial charge in [0.1, 0.15) is 12.3 Å². The lowest BCUT2D eigenvalue weighted by Gasteiger charge is -2.29. The fraction of sp³-hybridized carbons (Fsp3) is 0.520. The second-order valence-electron chi connectivity index (χ2n) is 9.27. The highest BCUT2D eigenvalue weighted by Crippen LogP contribution is 2.29. The second kappa shape index (κ2) is 11.6. The van der Waals surface area contributed by atoms with Gasteiger partial charge in [-0.3, -0.25) is 0 Å². The van der Waals surface area contributed by atoms with E-state index >= 15 is 0 Å². The number of rotatable bonds is 10. The Kier molecular flexibility index (Phi) is 8.88. The maximum absolute atomic E-state index is 10.3. The van der Waals surface area contributed by atoms with Crippen LogP contribution in [0.25, 0.3) is 0 Å². The number of aromatic hydroxyl groups is 1. The Morgan fingerprint density at radius 1 is 1.00 bits per heavy atom. The maximum atomic E-state index is 10.3. The molecule has 0 unspecified atom stereocenters. The Morgan fingerprint density at radius 2 is 1.68 bits per heavy atom. The highest BCUT2D eigenvalue weighted by atomic mass is 35.5. The zero-order chi connectivity index (χ0) is 22.1. The molecule has 3 rings (SSSR count). The number of hydrogen-bond acceptors (Lipinski definition) is 4. The average Bonchev–Trinajstić information content (AvgIpc) is 2.75. The molecule has 6 heteroatoms. The first-order chi connectivity index (χ1) is 14.9. The highest BCUT2D eigenvalue weighted by molar-refractivity contribution is 6.30. The summed E-state index contributed by atoms with van der Waals surface area (Å²) in [7, 11) is 4.23. The van der Waals surface area contributed by atoms with Crippen LogP contribution in [0.1, 0.15) is 50.5 Å². The molecule has 0 amide bonds. The van der Waals surface area contributed by atoms with Crippen LogP contribution in [0.4, 0.5) is 11.4 Å². The van der Waals surface area contributed by atoms with Crippen molar-refractivity contribution in [2.45, 2.75) is 51.5 Å². The third kappa shape index (κ3) is 8.24. The molecule has 0 saturated heterocycles. The van der Waals surface area contributed by atoms with Gasteiger partial charge >= 0.3 is 0 Å². The molecule has 0 atom stereocenters. The fourth-order valence-electron chi connectivity index (χ4n) is 4.15.